The molecule has 0 amide bonds. The van der Waals surface area contributed by atoms with E-state index in [0.717, 1.165) is 32.1 Å². The van der Waals surface area contributed by atoms with E-state index in [1.54, 1.807) is 7.11 Å². The Kier molecular flexibility index (Phi) is 4.11. The summed E-state index contributed by atoms with van der Waals surface area (Å²) in [6.07, 6.45) is 1.73. The molecule has 0 radical (unpaired) electrons. The highest BCUT2D eigenvalue weighted by Crippen LogP contribution is 2.18. The quantitative estimate of drug-likeness (QED) is 0.791. The van der Waals surface area contributed by atoms with Gasteiger partial charge in [-0.05, 0) is 7.05 Å². The molecule has 1 unspecified atom stereocenters. The number of methoxy groups -OCH3 is 1. The number of hydrogen-bond acceptors (Lipinski definition) is 6. The summed E-state index contributed by atoms with van der Waals surface area (Å²) < 4.78 is 10.7. The Morgan fingerprint density at radius 1 is 1.59 bits per heavy atom. The smallest absolute Gasteiger partial charge is 0.218 e. The third kappa shape index (κ3) is 3.04. The number of nitrogens with zero attached hydrogens (tertiary/aromatic N) is 3. The lowest BCUT2D eigenvalue weighted by molar-refractivity contribution is 0.0419. The van der Waals surface area contributed by atoms with Gasteiger partial charge in [-0.3, -0.25) is 0 Å². The monoisotopic (exact) mass is 238 g/mol. The zero-order valence-electron chi connectivity index (χ0n) is 10.2. The lowest BCUT2D eigenvalue weighted by Gasteiger charge is -2.33. The van der Waals surface area contributed by atoms with Gasteiger partial charge in [0.25, 0.3) is 0 Å². The van der Waals surface area contributed by atoms with Crippen molar-refractivity contribution in [3.05, 3.63) is 12.4 Å². The molecular weight excluding hydrogens is 220 g/mol. The van der Waals surface area contributed by atoms with Crippen molar-refractivity contribution in [3.63, 3.8) is 0 Å². The summed E-state index contributed by atoms with van der Waals surface area (Å²) in [7, 11) is 3.53. The number of nitrogens with one attached hydrogen (secondary N) is 1. The van der Waals surface area contributed by atoms with Crippen molar-refractivity contribution in [1.82, 2.24) is 15.3 Å². The van der Waals surface area contributed by atoms with Crippen molar-refractivity contribution in [2.45, 2.75) is 6.10 Å². The van der Waals surface area contributed by atoms with Crippen LogP contribution in [0.4, 0.5) is 5.82 Å². The first-order valence-corrected chi connectivity index (χ1v) is 5.70. The first kappa shape index (κ1) is 12.1. The van der Waals surface area contributed by atoms with E-state index in [2.05, 4.69) is 20.2 Å². The van der Waals surface area contributed by atoms with Gasteiger partial charge in [0, 0.05) is 25.7 Å². The van der Waals surface area contributed by atoms with Gasteiger partial charge in [0.1, 0.15) is 12.1 Å². The van der Waals surface area contributed by atoms with Gasteiger partial charge < -0.3 is 19.7 Å². The van der Waals surface area contributed by atoms with Crippen molar-refractivity contribution in [1.29, 1.82) is 0 Å². The second-order valence-corrected chi connectivity index (χ2v) is 3.92. The molecule has 0 aliphatic carbocycles. The van der Waals surface area contributed by atoms with Gasteiger partial charge in [-0.15, -0.1) is 0 Å². The molecule has 2 heterocycles. The maximum atomic E-state index is 5.65. The fourth-order valence-corrected chi connectivity index (χ4v) is 1.89. The normalized spacial score (nSPS) is 20.4. The average molecular weight is 238 g/mol. The summed E-state index contributed by atoms with van der Waals surface area (Å²) in [5, 5.41) is 3.12. The van der Waals surface area contributed by atoms with Crippen LogP contribution in [0.25, 0.3) is 0 Å². The van der Waals surface area contributed by atoms with Crippen LogP contribution < -0.4 is 15.0 Å². The van der Waals surface area contributed by atoms with Crippen LogP contribution in [-0.2, 0) is 4.74 Å². The minimum atomic E-state index is 0.203. The number of aromatic nitrogens is 2. The molecule has 0 saturated carbocycles. The Morgan fingerprint density at radius 2 is 2.47 bits per heavy atom. The van der Waals surface area contributed by atoms with Gasteiger partial charge in [0.05, 0.1) is 19.8 Å². The van der Waals surface area contributed by atoms with Crippen LogP contribution in [0, 0.1) is 0 Å². The Morgan fingerprint density at radius 3 is 3.24 bits per heavy atom. The fraction of sp³-hybridized carbons (Fsp3) is 0.636. The van der Waals surface area contributed by atoms with E-state index in [4.69, 9.17) is 9.47 Å². The van der Waals surface area contributed by atoms with Gasteiger partial charge in [0.15, 0.2) is 0 Å². The Hall–Kier alpha value is -1.40. The second kappa shape index (κ2) is 5.79. The summed E-state index contributed by atoms with van der Waals surface area (Å²) in [6, 6.07) is 1.85. The summed E-state index contributed by atoms with van der Waals surface area (Å²) in [6.45, 7) is 3.25. The van der Waals surface area contributed by atoms with E-state index in [-0.39, 0.29) is 6.10 Å². The topological polar surface area (TPSA) is 59.5 Å². The maximum Gasteiger partial charge on any atom is 0.218 e. The molecule has 1 fully saturated rings. The van der Waals surface area contributed by atoms with E-state index >= 15 is 0 Å². The molecule has 17 heavy (non-hydrogen) atoms. The number of ether oxygens (including phenoxy) is 2. The molecule has 1 saturated heterocycles. The van der Waals surface area contributed by atoms with Gasteiger partial charge in [-0.25, -0.2) is 9.97 Å². The third-order valence-electron chi connectivity index (χ3n) is 2.73. The molecule has 6 heteroatoms. The highest BCUT2D eigenvalue weighted by molar-refractivity contribution is 5.41. The van der Waals surface area contributed by atoms with Gasteiger partial charge in [-0.2, -0.15) is 0 Å². The van der Waals surface area contributed by atoms with E-state index in [1.165, 1.54) is 6.33 Å². The van der Waals surface area contributed by atoms with Gasteiger partial charge in [0.2, 0.25) is 5.88 Å². The molecule has 1 aromatic heterocycles. The predicted octanol–water partition coefficient (Wildman–Crippen LogP) is -0.0902. The Balaban J connectivity index is 2.05. The van der Waals surface area contributed by atoms with Crippen molar-refractivity contribution in [3.8, 4) is 5.88 Å². The molecule has 1 N–H and O–H groups in total. The van der Waals surface area contributed by atoms with Crippen LogP contribution in [0.15, 0.2) is 12.4 Å². The molecule has 6 nitrogen and oxygen atoms in total. The van der Waals surface area contributed by atoms with Crippen molar-refractivity contribution in [2.24, 2.45) is 0 Å². The number of anilines is 1. The number of rotatable bonds is 4. The summed E-state index contributed by atoms with van der Waals surface area (Å²) >= 11 is 0. The van der Waals surface area contributed by atoms with Crippen molar-refractivity contribution < 1.29 is 9.47 Å². The van der Waals surface area contributed by atoms with Crippen molar-refractivity contribution >= 4 is 5.82 Å². The predicted molar refractivity (Wildman–Crippen MR) is 64.5 cm³/mol. The minimum Gasteiger partial charge on any atom is -0.481 e. The minimum absolute atomic E-state index is 0.203. The van der Waals surface area contributed by atoms with Crippen LogP contribution in [0.2, 0.25) is 0 Å². The second-order valence-electron chi connectivity index (χ2n) is 3.92. The highest BCUT2D eigenvalue weighted by atomic mass is 16.5. The molecule has 1 atom stereocenters. The van der Waals surface area contributed by atoms with Crippen molar-refractivity contribution in [2.75, 3.05) is 45.3 Å². The molecule has 94 valence electrons. The molecule has 2 rings (SSSR count). The lowest BCUT2D eigenvalue weighted by atomic mass is 10.2. The molecule has 1 aliphatic rings. The van der Waals surface area contributed by atoms with E-state index in [1.807, 2.05) is 13.1 Å². The molecule has 1 aromatic rings. The Bertz CT molecular complexity index is 359. The zero-order chi connectivity index (χ0) is 12.1. The standard InChI is InChI=1S/C11H18N4O2/c1-12-6-9-7-15(3-4-17-9)10-5-11(16-2)14-8-13-10/h5,8-9,12H,3-4,6-7H2,1-2H3. The van der Waals surface area contributed by atoms with Crippen LogP contribution in [0.3, 0.4) is 0 Å². The molecule has 0 bridgehead atoms. The van der Waals surface area contributed by atoms with Gasteiger partial charge in [-0.1, -0.05) is 0 Å². The largest absolute Gasteiger partial charge is 0.481 e. The number of morpholine rings is 1. The highest BCUT2D eigenvalue weighted by Gasteiger charge is 2.21. The van der Waals surface area contributed by atoms with E-state index in [0.29, 0.717) is 5.88 Å². The SMILES string of the molecule is CNCC1CN(c2cc(OC)ncn2)CCO1. The molecule has 0 aromatic carbocycles. The maximum absolute atomic E-state index is 5.65. The molecule has 1 aliphatic heterocycles. The third-order valence-corrected chi connectivity index (χ3v) is 2.73. The van der Waals surface area contributed by atoms with Gasteiger partial charge >= 0.3 is 0 Å². The average Bonchev–Trinajstić information content (AvgIpc) is 2.40. The molecular formula is C11H18N4O2. The number of likely N-dealkylation sites (N-methyl/N-ethyl adjacent to an activating group) is 1. The zero-order valence-corrected chi connectivity index (χ0v) is 10.2. The fourth-order valence-electron chi connectivity index (χ4n) is 1.89. The summed E-state index contributed by atoms with van der Waals surface area (Å²) in [5.41, 5.74) is 0. The van der Waals surface area contributed by atoms with E-state index in [9.17, 15) is 0 Å². The first-order chi connectivity index (χ1) is 8.33. The van der Waals surface area contributed by atoms with Crippen LogP contribution in [-0.4, -0.2) is 56.5 Å². The first-order valence-electron chi connectivity index (χ1n) is 5.70. The summed E-state index contributed by atoms with van der Waals surface area (Å²) in [5.74, 6) is 1.48. The number of hydrogen-bond donors (Lipinski definition) is 1. The van der Waals surface area contributed by atoms with Crippen LogP contribution >= 0.6 is 0 Å². The lowest BCUT2D eigenvalue weighted by Crippen LogP contribution is -2.46. The van der Waals surface area contributed by atoms with Crippen LogP contribution in [0.5, 0.6) is 5.88 Å². The molecule has 0 spiro atoms. The van der Waals surface area contributed by atoms with Crippen LogP contribution in [0.1, 0.15) is 0 Å². The Labute approximate surface area is 101 Å². The van der Waals surface area contributed by atoms with E-state index < -0.39 is 0 Å². The summed E-state index contributed by atoms with van der Waals surface area (Å²) in [4.78, 5) is 10.5.